The van der Waals surface area contributed by atoms with Crippen molar-refractivity contribution in [1.82, 2.24) is 20.8 Å². The lowest BCUT2D eigenvalue weighted by Gasteiger charge is -2.27. The number of nitrogens with one attached hydrogen (secondary N) is 2. The number of hydrogen-bond donors (Lipinski definition) is 3. The smallest absolute Gasteiger partial charge is 0.277 e. The van der Waals surface area contributed by atoms with Crippen molar-refractivity contribution >= 4 is 11.9 Å². The molecule has 1 amide bonds. The Morgan fingerprint density at radius 3 is 2.82 bits per heavy atom. The summed E-state index contributed by atoms with van der Waals surface area (Å²) >= 11 is 0. The maximum Gasteiger partial charge on any atom is 0.277 e. The third-order valence-corrected chi connectivity index (χ3v) is 3.32. The normalized spacial score (nSPS) is 26.3. The topological polar surface area (TPSA) is 90.4 Å². The Bertz CT molecular complexity index is 435. The van der Waals surface area contributed by atoms with E-state index in [1.54, 1.807) is 5.48 Å². The molecule has 2 saturated heterocycles. The van der Waals surface area contributed by atoms with Crippen LogP contribution in [-0.4, -0.2) is 46.3 Å². The Morgan fingerprint density at radius 2 is 2.29 bits per heavy atom. The first kappa shape index (κ1) is 10.4. The van der Waals surface area contributed by atoms with Crippen molar-refractivity contribution in [3.63, 3.8) is 0 Å². The van der Waals surface area contributed by atoms with Crippen LogP contribution in [0.25, 0.3) is 0 Å². The minimum atomic E-state index is -0.596. The van der Waals surface area contributed by atoms with Gasteiger partial charge >= 0.3 is 0 Å². The molecule has 0 radical (unpaired) electrons. The number of piperazine rings is 1. The first-order valence-corrected chi connectivity index (χ1v) is 5.54. The molecule has 2 bridgehead atoms. The average Bonchev–Trinajstić information content (AvgIpc) is 3.00. The molecule has 0 spiro atoms. The molecule has 1 aromatic rings. The van der Waals surface area contributed by atoms with Gasteiger partial charge in [-0.15, -0.1) is 0 Å². The lowest BCUT2D eigenvalue weighted by molar-refractivity contribution is 0.0705. The van der Waals surface area contributed by atoms with Crippen LogP contribution in [0.2, 0.25) is 0 Å². The number of carbonyl (C=O) groups excluding carboxylic acids is 1. The van der Waals surface area contributed by atoms with Gasteiger partial charge in [0.2, 0.25) is 5.95 Å². The van der Waals surface area contributed by atoms with Crippen molar-refractivity contribution in [3.05, 3.63) is 18.0 Å². The highest BCUT2D eigenvalue weighted by molar-refractivity contribution is 5.92. The van der Waals surface area contributed by atoms with Crippen LogP contribution < -0.4 is 15.7 Å². The number of aromatic nitrogens is 2. The van der Waals surface area contributed by atoms with E-state index in [0.717, 1.165) is 19.5 Å². The highest BCUT2D eigenvalue weighted by Crippen LogP contribution is 2.26. The van der Waals surface area contributed by atoms with Gasteiger partial charge in [0, 0.05) is 37.6 Å². The molecule has 0 aliphatic carbocycles. The van der Waals surface area contributed by atoms with E-state index in [4.69, 9.17) is 5.21 Å². The Balaban J connectivity index is 1.78. The zero-order valence-electron chi connectivity index (χ0n) is 9.13. The van der Waals surface area contributed by atoms with Gasteiger partial charge in [-0.1, -0.05) is 0 Å². The number of rotatable bonds is 2. The van der Waals surface area contributed by atoms with Gasteiger partial charge in [0.15, 0.2) is 0 Å². The van der Waals surface area contributed by atoms with Gasteiger partial charge in [-0.2, -0.15) is 0 Å². The van der Waals surface area contributed by atoms with E-state index in [0.29, 0.717) is 18.0 Å². The number of nitrogens with zero attached hydrogens (tertiary/aromatic N) is 3. The summed E-state index contributed by atoms with van der Waals surface area (Å²) < 4.78 is 0. The monoisotopic (exact) mass is 235 g/mol. The molecule has 3 rings (SSSR count). The molecule has 17 heavy (non-hydrogen) atoms. The van der Waals surface area contributed by atoms with Gasteiger partial charge in [0.1, 0.15) is 0 Å². The van der Waals surface area contributed by atoms with E-state index < -0.39 is 5.91 Å². The first-order chi connectivity index (χ1) is 8.28. The van der Waals surface area contributed by atoms with Crippen molar-refractivity contribution in [2.45, 2.75) is 18.5 Å². The van der Waals surface area contributed by atoms with Gasteiger partial charge in [0.05, 0.1) is 5.56 Å². The van der Waals surface area contributed by atoms with Crippen LogP contribution in [0.1, 0.15) is 16.8 Å². The zero-order chi connectivity index (χ0) is 11.8. The number of carbonyl (C=O) groups is 1. The number of amides is 1. The van der Waals surface area contributed by atoms with Crippen LogP contribution in [0, 0.1) is 0 Å². The molecular formula is C10H13N5O2. The molecule has 0 saturated carbocycles. The molecule has 0 unspecified atom stereocenters. The van der Waals surface area contributed by atoms with Crippen molar-refractivity contribution < 1.29 is 10.0 Å². The summed E-state index contributed by atoms with van der Waals surface area (Å²) in [5, 5.41) is 11.9. The van der Waals surface area contributed by atoms with E-state index in [9.17, 15) is 4.79 Å². The van der Waals surface area contributed by atoms with Crippen LogP contribution in [0.4, 0.5) is 5.95 Å². The van der Waals surface area contributed by atoms with Gasteiger partial charge in [0.25, 0.3) is 5.91 Å². The maximum absolute atomic E-state index is 11.1. The van der Waals surface area contributed by atoms with Crippen molar-refractivity contribution in [1.29, 1.82) is 0 Å². The van der Waals surface area contributed by atoms with Gasteiger partial charge in [-0.05, 0) is 6.42 Å². The second-order valence-electron chi connectivity index (χ2n) is 4.36. The largest absolute Gasteiger partial charge is 0.335 e. The number of hydrogen-bond acceptors (Lipinski definition) is 6. The standard InChI is InChI=1S/C10H13N5O2/c16-9(14-17)6-2-12-10(13-3-6)15-5-7-1-8(15)4-11-7/h2-3,7-8,11,17H,1,4-5H2,(H,14,16)/t7-,8-/m0/s1. The summed E-state index contributed by atoms with van der Waals surface area (Å²) in [5.74, 6) is 0.0506. The molecule has 90 valence electrons. The minimum absolute atomic E-state index is 0.249. The van der Waals surface area contributed by atoms with E-state index in [2.05, 4.69) is 20.2 Å². The van der Waals surface area contributed by atoms with E-state index in [-0.39, 0.29) is 5.56 Å². The fraction of sp³-hybridized carbons (Fsp3) is 0.500. The fourth-order valence-electron chi connectivity index (χ4n) is 2.46. The molecule has 3 N–H and O–H groups in total. The summed E-state index contributed by atoms with van der Waals surface area (Å²) in [4.78, 5) is 21.6. The highest BCUT2D eigenvalue weighted by Gasteiger charge is 2.38. The number of fused-ring (bicyclic) bond motifs is 2. The molecule has 7 nitrogen and oxygen atoms in total. The molecule has 7 heteroatoms. The molecule has 2 aliphatic heterocycles. The first-order valence-electron chi connectivity index (χ1n) is 5.54. The molecule has 3 heterocycles. The Hall–Kier alpha value is -1.73. The predicted octanol–water partition coefficient (Wildman–Crippen LogP) is -0.854. The zero-order valence-corrected chi connectivity index (χ0v) is 9.13. The number of anilines is 1. The summed E-state index contributed by atoms with van der Waals surface area (Å²) in [6.07, 6.45) is 3.98. The maximum atomic E-state index is 11.1. The van der Waals surface area contributed by atoms with E-state index >= 15 is 0 Å². The Kier molecular flexibility index (Phi) is 2.41. The fourth-order valence-corrected chi connectivity index (χ4v) is 2.46. The lowest BCUT2D eigenvalue weighted by Crippen LogP contribution is -2.44. The quantitative estimate of drug-likeness (QED) is 0.457. The van der Waals surface area contributed by atoms with Crippen molar-refractivity contribution in [2.75, 3.05) is 18.0 Å². The second kappa shape index (κ2) is 3.94. The van der Waals surface area contributed by atoms with Gasteiger partial charge in [-0.25, -0.2) is 15.4 Å². The Labute approximate surface area is 97.8 Å². The van der Waals surface area contributed by atoms with Crippen molar-refractivity contribution in [2.24, 2.45) is 0 Å². The molecule has 2 atom stereocenters. The van der Waals surface area contributed by atoms with Crippen LogP contribution in [0.3, 0.4) is 0 Å². The van der Waals surface area contributed by atoms with Crippen LogP contribution in [0.5, 0.6) is 0 Å². The summed E-state index contributed by atoms with van der Waals surface area (Å²) in [6.45, 7) is 1.88. The van der Waals surface area contributed by atoms with Crippen LogP contribution in [0.15, 0.2) is 12.4 Å². The molecule has 2 fully saturated rings. The Morgan fingerprint density at radius 1 is 1.53 bits per heavy atom. The minimum Gasteiger partial charge on any atom is -0.335 e. The highest BCUT2D eigenvalue weighted by atomic mass is 16.5. The SMILES string of the molecule is O=C(NO)c1cnc(N2C[C@@H]3C[C@H]2CN3)nc1. The van der Waals surface area contributed by atoms with Crippen LogP contribution in [-0.2, 0) is 0 Å². The summed E-state index contributed by atoms with van der Waals surface area (Å²) in [7, 11) is 0. The average molecular weight is 235 g/mol. The summed E-state index contributed by atoms with van der Waals surface area (Å²) in [6, 6.07) is 0.988. The van der Waals surface area contributed by atoms with E-state index in [1.807, 2.05) is 0 Å². The summed E-state index contributed by atoms with van der Waals surface area (Å²) in [5.41, 5.74) is 1.80. The lowest BCUT2D eigenvalue weighted by atomic mass is 10.2. The van der Waals surface area contributed by atoms with Crippen LogP contribution >= 0.6 is 0 Å². The van der Waals surface area contributed by atoms with E-state index in [1.165, 1.54) is 12.4 Å². The third kappa shape index (κ3) is 1.73. The molecule has 1 aromatic heterocycles. The van der Waals surface area contributed by atoms with Crippen molar-refractivity contribution in [3.8, 4) is 0 Å². The molecular weight excluding hydrogens is 222 g/mol. The molecule has 2 aliphatic rings. The predicted molar refractivity (Wildman–Crippen MR) is 58.8 cm³/mol. The van der Waals surface area contributed by atoms with Gasteiger partial charge in [-0.3, -0.25) is 10.0 Å². The third-order valence-electron chi connectivity index (χ3n) is 3.32. The number of hydroxylamine groups is 1. The van der Waals surface area contributed by atoms with Gasteiger partial charge < -0.3 is 10.2 Å². The second-order valence-corrected chi connectivity index (χ2v) is 4.36. The molecule has 0 aromatic carbocycles.